The molecule has 0 saturated carbocycles. The van der Waals surface area contributed by atoms with Gasteiger partial charge in [-0.15, -0.1) is 0 Å². The van der Waals surface area contributed by atoms with Crippen LogP contribution >= 0.6 is 11.8 Å². The van der Waals surface area contributed by atoms with Crippen LogP contribution in [-0.4, -0.2) is 59.7 Å². The van der Waals surface area contributed by atoms with Crippen molar-refractivity contribution in [3.05, 3.63) is 28.7 Å². The van der Waals surface area contributed by atoms with Gasteiger partial charge in [-0.3, -0.25) is 19.3 Å². The average molecular weight is 435 g/mol. The number of amides is 3. The smallest absolute Gasteiger partial charge is 0.294 e. The molecule has 0 aromatic heterocycles. The van der Waals surface area contributed by atoms with Crippen LogP contribution in [0.25, 0.3) is 6.08 Å². The zero-order valence-corrected chi connectivity index (χ0v) is 18.9. The molecular formula is C22H30N2O5S. The van der Waals surface area contributed by atoms with Crippen molar-refractivity contribution in [2.24, 2.45) is 0 Å². The maximum atomic E-state index is 12.8. The molecule has 30 heavy (non-hydrogen) atoms. The van der Waals surface area contributed by atoms with Crippen molar-refractivity contribution in [1.29, 1.82) is 0 Å². The lowest BCUT2D eigenvalue weighted by atomic mass is 10.1. The molecule has 1 aromatic rings. The Kier molecular flexibility index (Phi) is 9.23. The van der Waals surface area contributed by atoms with E-state index in [0.717, 1.165) is 29.5 Å². The highest BCUT2D eigenvalue weighted by atomic mass is 32.2. The van der Waals surface area contributed by atoms with Gasteiger partial charge in [-0.05, 0) is 56.7 Å². The van der Waals surface area contributed by atoms with Crippen LogP contribution in [0.3, 0.4) is 0 Å². The third kappa shape index (κ3) is 6.01. The van der Waals surface area contributed by atoms with Gasteiger partial charge in [0.25, 0.3) is 11.1 Å². The molecule has 1 saturated heterocycles. The largest absolute Gasteiger partial charge is 0.494 e. The fraction of sp³-hybridized carbons (Fsp3) is 0.500. The number of nitrogens with zero attached hydrogens (tertiary/aromatic N) is 2. The van der Waals surface area contributed by atoms with Crippen molar-refractivity contribution in [3.63, 3.8) is 0 Å². The second-order valence-electron chi connectivity index (χ2n) is 6.71. The molecular weight excluding hydrogens is 404 g/mol. The van der Waals surface area contributed by atoms with Crippen molar-refractivity contribution >= 4 is 34.9 Å². The Hall–Kier alpha value is -2.48. The standard InChI is InChI=1S/C22H30N2O5S/c1-5-11-23(12-6-2)20(25)15-24-21(26)19(30-22(24)27)13-16-9-10-17(28-7-3)14-18(16)29-8-4/h9-10,13-14H,5-8,11-12,15H2,1-4H3/b19-13-. The van der Waals surface area contributed by atoms with Crippen molar-refractivity contribution < 1.29 is 23.9 Å². The van der Waals surface area contributed by atoms with Gasteiger partial charge >= 0.3 is 0 Å². The predicted molar refractivity (Wildman–Crippen MR) is 119 cm³/mol. The molecule has 1 aliphatic rings. The monoisotopic (exact) mass is 434 g/mol. The zero-order chi connectivity index (χ0) is 22.1. The van der Waals surface area contributed by atoms with Gasteiger partial charge in [0.05, 0.1) is 18.1 Å². The molecule has 1 aromatic carbocycles. The number of benzene rings is 1. The molecule has 1 fully saturated rings. The van der Waals surface area contributed by atoms with Gasteiger partial charge in [-0.25, -0.2) is 0 Å². The SMILES string of the molecule is CCCN(CCC)C(=O)CN1C(=O)S/C(=C\c2ccc(OCC)cc2OCC)C1=O. The van der Waals surface area contributed by atoms with Crippen LogP contribution in [0.15, 0.2) is 23.1 Å². The van der Waals surface area contributed by atoms with Crippen LogP contribution in [0.4, 0.5) is 4.79 Å². The number of rotatable bonds is 11. The van der Waals surface area contributed by atoms with Gasteiger partial charge in [-0.2, -0.15) is 0 Å². The van der Waals surface area contributed by atoms with E-state index in [2.05, 4.69) is 0 Å². The molecule has 8 heteroatoms. The quantitative estimate of drug-likeness (QED) is 0.487. The Balaban J connectivity index is 2.21. The zero-order valence-electron chi connectivity index (χ0n) is 18.1. The Morgan fingerprint density at radius 3 is 2.33 bits per heavy atom. The molecule has 1 heterocycles. The maximum absolute atomic E-state index is 12.8. The molecule has 0 spiro atoms. The number of ether oxygens (including phenoxy) is 2. The first-order chi connectivity index (χ1) is 14.4. The van der Waals surface area contributed by atoms with Crippen molar-refractivity contribution in [1.82, 2.24) is 9.80 Å². The summed E-state index contributed by atoms with van der Waals surface area (Å²) >= 11 is 0.839. The molecule has 1 aliphatic heterocycles. The van der Waals surface area contributed by atoms with Crippen molar-refractivity contribution in [2.45, 2.75) is 40.5 Å². The second kappa shape index (κ2) is 11.6. The van der Waals surface area contributed by atoms with Crippen LogP contribution in [0.5, 0.6) is 11.5 Å². The Morgan fingerprint density at radius 2 is 1.73 bits per heavy atom. The Morgan fingerprint density at radius 1 is 1.07 bits per heavy atom. The number of carbonyl (C=O) groups excluding carboxylic acids is 3. The van der Waals surface area contributed by atoms with E-state index in [1.807, 2.05) is 27.7 Å². The predicted octanol–water partition coefficient (Wildman–Crippen LogP) is 4.17. The Labute approximate surface area is 182 Å². The molecule has 3 amide bonds. The maximum Gasteiger partial charge on any atom is 0.294 e. The second-order valence-corrected chi connectivity index (χ2v) is 7.71. The lowest BCUT2D eigenvalue weighted by Crippen LogP contribution is -2.42. The highest BCUT2D eigenvalue weighted by Crippen LogP contribution is 2.35. The van der Waals surface area contributed by atoms with Gasteiger partial charge in [0.15, 0.2) is 0 Å². The lowest BCUT2D eigenvalue weighted by Gasteiger charge is -2.23. The summed E-state index contributed by atoms with van der Waals surface area (Å²) in [6.45, 7) is 9.73. The molecule has 0 unspecified atom stereocenters. The van der Waals surface area contributed by atoms with Crippen LogP contribution in [0.1, 0.15) is 46.1 Å². The summed E-state index contributed by atoms with van der Waals surface area (Å²) in [5.74, 6) is 0.577. The minimum atomic E-state index is -0.456. The minimum Gasteiger partial charge on any atom is -0.494 e. The number of imide groups is 1. The third-order valence-corrected chi connectivity index (χ3v) is 5.30. The van der Waals surface area contributed by atoms with E-state index in [0.29, 0.717) is 43.4 Å². The summed E-state index contributed by atoms with van der Waals surface area (Å²) in [6.07, 6.45) is 3.28. The van der Waals surface area contributed by atoms with Gasteiger partial charge in [0.2, 0.25) is 5.91 Å². The highest BCUT2D eigenvalue weighted by Gasteiger charge is 2.37. The van der Waals surface area contributed by atoms with E-state index in [1.54, 1.807) is 29.2 Å². The first-order valence-corrected chi connectivity index (χ1v) is 11.2. The van der Waals surface area contributed by atoms with Crippen LogP contribution in [0.2, 0.25) is 0 Å². The summed E-state index contributed by atoms with van der Waals surface area (Å²) < 4.78 is 11.2. The fourth-order valence-electron chi connectivity index (χ4n) is 3.08. The van der Waals surface area contributed by atoms with Crippen LogP contribution in [0, 0.1) is 0 Å². The third-order valence-electron chi connectivity index (χ3n) is 4.39. The topological polar surface area (TPSA) is 76.2 Å². The lowest BCUT2D eigenvalue weighted by molar-refractivity contribution is -0.135. The summed E-state index contributed by atoms with van der Waals surface area (Å²) in [7, 11) is 0. The molecule has 164 valence electrons. The normalized spacial score (nSPS) is 15.1. The van der Waals surface area contributed by atoms with Gasteiger partial charge in [0.1, 0.15) is 18.0 Å². The number of hydrogen-bond acceptors (Lipinski definition) is 6. The molecule has 0 aliphatic carbocycles. The highest BCUT2D eigenvalue weighted by molar-refractivity contribution is 8.18. The van der Waals surface area contributed by atoms with Crippen molar-refractivity contribution in [2.75, 3.05) is 32.8 Å². The number of carbonyl (C=O) groups is 3. The van der Waals surface area contributed by atoms with Crippen LogP contribution in [-0.2, 0) is 9.59 Å². The number of thioether (sulfide) groups is 1. The first-order valence-electron chi connectivity index (χ1n) is 10.4. The van der Waals surface area contributed by atoms with Crippen molar-refractivity contribution in [3.8, 4) is 11.5 Å². The molecule has 0 atom stereocenters. The van der Waals surface area contributed by atoms with Gasteiger partial charge in [-0.1, -0.05) is 13.8 Å². The average Bonchev–Trinajstić information content (AvgIpc) is 2.97. The minimum absolute atomic E-state index is 0.210. The summed E-state index contributed by atoms with van der Waals surface area (Å²) in [6, 6.07) is 5.35. The molecule has 0 N–H and O–H groups in total. The van der Waals surface area contributed by atoms with Gasteiger partial charge in [0, 0.05) is 24.7 Å². The van der Waals surface area contributed by atoms with E-state index in [-0.39, 0.29) is 17.4 Å². The summed E-state index contributed by atoms with van der Waals surface area (Å²) in [5.41, 5.74) is 0.677. The number of hydrogen-bond donors (Lipinski definition) is 0. The molecule has 0 bridgehead atoms. The summed E-state index contributed by atoms with van der Waals surface area (Å²) in [4.78, 5) is 40.8. The molecule has 0 radical (unpaired) electrons. The first kappa shape index (κ1) is 23.8. The summed E-state index contributed by atoms with van der Waals surface area (Å²) in [5, 5.41) is -0.434. The molecule has 7 nitrogen and oxygen atoms in total. The van der Waals surface area contributed by atoms with E-state index >= 15 is 0 Å². The molecule has 2 rings (SSSR count). The van der Waals surface area contributed by atoms with E-state index in [4.69, 9.17) is 9.47 Å². The fourth-order valence-corrected chi connectivity index (χ4v) is 3.91. The van der Waals surface area contributed by atoms with E-state index < -0.39 is 11.1 Å². The van der Waals surface area contributed by atoms with Gasteiger partial charge < -0.3 is 14.4 Å². The van der Waals surface area contributed by atoms with E-state index in [1.165, 1.54) is 0 Å². The van der Waals surface area contributed by atoms with E-state index in [9.17, 15) is 14.4 Å². The van der Waals surface area contributed by atoms with Crippen LogP contribution < -0.4 is 9.47 Å². The Bertz CT molecular complexity index is 803.